The lowest BCUT2D eigenvalue weighted by molar-refractivity contribution is 0.0526. The lowest BCUT2D eigenvalue weighted by Gasteiger charge is -2.34. The number of piperazine rings is 1. The molecule has 1 fully saturated rings. The van der Waals surface area contributed by atoms with Gasteiger partial charge in [-0.15, -0.1) is 0 Å². The number of esters is 1. The minimum Gasteiger partial charge on any atom is -0.462 e. The Hall–Kier alpha value is -2.23. The molecule has 9 heteroatoms. The molecule has 1 aliphatic heterocycles. The highest BCUT2D eigenvalue weighted by Crippen LogP contribution is 2.28. The molecule has 1 aliphatic rings. The van der Waals surface area contributed by atoms with Crippen LogP contribution in [0.5, 0.6) is 0 Å². The Bertz CT molecular complexity index is 876. The number of hydrogen-bond donors (Lipinski definition) is 1. The van der Waals surface area contributed by atoms with Crippen molar-refractivity contribution in [3.63, 3.8) is 0 Å². The second-order valence-electron chi connectivity index (χ2n) is 5.98. The summed E-state index contributed by atoms with van der Waals surface area (Å²) in [7, 11) is -1.88. The molecule has 0 radical (unpaired) electrons. The second kappa shape index (κ2) is 7.56. The van der Waals surface area contributed by atoms with E-state index >= 15 is 0 Å². The molecule has 0 spiro atoms. The summed E-state index contributed by atoms with van der Waals surface area (Å²) in [4.78, 5) is 16.2. The van der Waals surface area contributed by atoms with Gasteiger partial charge in [0, 0.05) is 39.1 Å². The molecule has 8 nitrogen and oxygen atoms in total. The number of hydrogen-bond acceptors (Lipinski definition) is 6. The zero-order chi connectivity index (χ0) is 18.7. The van der Waals surface area contributed by atoms with Gasteiger partial charge in [-0.1, -0.05) is 0 Å². The predicted octanol–water partition coefficient (Wildman–Crippen LogP) is 0.932. The van der Waals surface area contributed by atoms with Crippen molar-refractivity contribution in [1.29, 1.82) is 0 Å². The fraction of sp³-hybridized carbons (Fsp3) is 0.412. The Morgan fingerprint density at radius 1 is 1.35 bits per heavy atom. The average molecular weight is 378 g/mol. The van der Waals surface area contributed by atoms with E-state index in [1.54, 1.807) is 19.3 Å². The molecule has 1 aromatic carbocycles. The Labute approximate surface area is 152 Å². The molecule has 1 saturated heterocycles. The van der Waals surface area contributed by atoms with Crippen LogP contribution in [0.4, 0.5) is 0 Å². The summed E-state index contributed by atoms with van der Waals surface area (Å²) < 4.78 is 34.5. The van der Waals surface area contributed by atoms with Gasteiger partial charge in [0.15, 0.2) is 0 Å². The highest BCUT2D eigenvalue weighted by Gasteiger charge is 2.36. The van der Waals surface area contributed by atoms with E-state index < -0.39 is 22.0 Å². The highest BCUT2D eigenvalue weighted by atomic mass is 32.2. The van der Waals surface area contributed by atoms with Crippen molar-refractivity contribution in [2.24, 2.45) is 7.05 Å². The van der Waals surface area contributed by atoms with Gasteiger partial charge in [-0.3, -0.25) is 0 Å². The van der Waals surface area contributed by atoms with Gasteiger partial charge in [0.2, 0.25) is 10.0 Å². The van der Waals surface area contributed by atoms with Gasteiger partial charge in [-0.2, -0.15) is 4.31 Å². The van der Waals surface area contributed by atoms with E-state index in [0.717, 1.165) is 0 Å². The van der Waals surface area contributed by atoms with Crippen molar-refractivity contribution in [3.05, 3.63) is 48.0 Å². The van der Waals surface area contributed by atoms with Crippen molar-refractivity contribution in [2.45, 2.75) is 17.9 Å². The first-order chi connectivity index (χ1) is 12.4. The predicted molar refractivity (Wildman–Crippen MR) is 95.1 cm³/mol. The highest BCUT2D eigenvalue weighted by molar-refractivity contribution is 7.89. The summed E-state index contributed by atoms with van der Waals surface area (Å²) >= 11 is 0. The number of nitrogens with zero attached hydrogens (tertiary/aromatic N) is 3. The molecule has 1 unspecified atom stereocenters. The molecule has 0 saturated carbocycles. The third kappa shape index (κ3) is 3.50. The Balaban J connectivity index is 1.90. The first kappa shape index (κ1) is 18.6. The number of carbonyl (C=O) groups excluding carboxylic acids is 1. The van der Waals surface area contributed by atoms with E-state index in [2.05, 4.69) is 10.3 Å². The summed E-state index contributed by atoms with van der Waals surface area (Å²) in [6, 6.07) is 5.45. The van der Waals surface area contributed by atoms with Crippen LogP contribution in [0.3, 0.4) is 0 Å². The van der Waals surface area contributed by atoms with Crippen LogP contribution in [-0.4, -0.2) is 54.5 Å². The minimum absolute atomic E-state index is 0.145. The zero-order valence-corrected chi connectivity index (χ0v) is 15.6. The number of ether oxygens (including phenoxy) is 1. The van der Waals surface area contributed by atoms with Gasteiger partial charge in [-0.25, -0.2) is 18.2 Å². The molecule has 1 aromatic heterocycles. The fourth-order valence-electron chi connectivity index (χ4n) is 3.00. The Morgan fingerprint density at radius 2 is 2.08 bits per heavy atom. The standard InChI is InChI=1S/C17H22N4O4S/c1-3-25-17(22)13-4-6-14(7-5-13)26(23,24)21-11-8-18-12-15(21)16-19-9-10-20(16)2/h4-7,9-10,15,18H,3,8,11-12H2,1-2H3. The molecule has 26 heavy (non-hydrogen) atoms. The van der Waals surface area contributed by atoms with Crippen LogP contribution >= 0.6 is 0 Å². The van der Waals surface area contributed by atoms with Crippen molar-refractivity contribution in [1.82, 2.24) is 19.2 Å². The van der Waals surface area contributed by atoms with Crippen LogP contribution in [-0.2, 0) is 21.8 Å². The normalized spacial score (nSPS) is 18.6. The van der Waals surface area contributed by atoms with Crippen LogP contribution in [0.1, 0.15) is 29.1 Å². The lowest BCUT2D eigenvalue weighted by Crippen LogP contribution is -2.49. The quantitative estimate of drug-likeness (QED) is 0.778. The Kier molecular flexibility index (Phi) is 5.40. The zero-order valence-electron chi connectivity index (χ0n) is 14.8. The van der Waals surface area contributed by atoms with Gasteiger partial charge in [0.1, 0.15) is 5.82 Å². The molecule has 140 valence electrons. The molecule has 0 aliphatic carbocycles. The third-order valence-electron chi connectivity index (χ3n) is 4.32. The molecule has 2 heterocycles. The van der Waals surface area contributed by atoms with Crippen molar-refractivity contribution in [3.8, 4) is 0 Å². The first-order valence-electron chi connectivity index (χ1n) is 8.42. The number of rotatable bonds is 5. The number of benzene rings is 1. The number of sulfonamides is 1. The smallest absolute Gasteiger partial charge is 0.338 e. The minimum atomic E-state index is -3.72. The average Bonchev–Trinajstić information content (AvgIpc) is 3.08. The largest absolute Gasteiger partial charge is 0.462 e. The Morgan fingerprint density at radius 3 is 2.69 bits per heavy atom. The number of aromatic nitrogens is 2. The topological polar surface area (TPSA) is 93.5 Å². The van der Waals surface area contributed by atoms with E-state index in [-0.39, 0.29) is 11.5 Å². The van der Waals surface area contributed by atoms with Crippen LogP contribution in [0, 0.1) is 0 Å². The fourth-order valence-corrected chi connectivity index (χ4v) is 4.59. The summed E-state index contributed by atoms with van der Waals surface area (Å²) in [5, 5.41) is 3.22. The van der Waals surface area contributed by atoms with Crippen LogP contribution in [0.15, 0.2) is 41.6 Å². The van der Waals surface area contributed by atoms with Gasteiger partial charge in [0.05, 0.1) is 23.1 Å². The summed E-state index contributed by atoms with van der Waals surface area (Å²) in [5.41, 5.74) is 0.326. The molecular weight excluding hydrogens is 356 g/mol. The van der Waals surface area contributed by atoms with E-state index in [1.165, 1.54) is 28.6 Å². The van der Waals surface area contributed by atoms with Gasteiger partial charge < -0.3 is 14.6 Å². The maximum absolute atomic E-state index is 13.2. The van der Waals surface area contributed by atoms with Gasteiger partial charge in [0.25, 0.3) is 0 Å². The molecule has 1 N–H and O–H groups in total. The molecule has 1 atom stereocenters. The third-order valence-corrected chi connectivity index (χ3v) is 6.25. The SMILES string of the molecule is CCOC(=O)c1ccc(S(=O)(=O)N2CCNCC2c2nccn2C)cc1. The van der Waals surface area contributed by atoms with E-state index in [9.17, 15) is 13.2 Å². The van der Waals surface area contributed by atoms with Crippen LogP contribution < -0.4 is 5.32 Å². The number of imidazole rings is 1. The molecule has 0 amide bonds. The second-order valence-corrected chi connectivity index (χ2v) is 7.87. The van der Waals surface area contributed by atoms with Crippen LogP contribution in [0.2, 0.25) is 0 Å². The van der Waals surface area contributed by atoms with E-state index in [1.807, 2.05) is 11.6 Å². The van der Waals surface area contributed by atoms with E-state index in [4.69, 9.17) is 4.74 Å². The van der Waals surface area contributed by atoms with Crippen molar-refractivity contribution in [2.75, 3.05) is 26.2 Å². The summed E-state index contributed by atoms with van der Waals surface area (Å²) in [5.74, 6) is 0.216. The number of carbonyl (C=O) groups is 1. The molecule has 2 aromatic rings. The maximum atomic E-state index is 13.2. The first-order valence-corrected chi connectivity index (χ1v) is 9.86. The molecule has 0 bridgehead atoms. The van der Waals surface area contributed by atoms with E-state index in [0.29, 0.717) is 31.0 Å². The van der Waals surface area contributed by atoms with Gasteiger partial charge >= 0.3 is 5.97 Å². The molecular formula is C17H22N4O4S. The maximum Gasteiger partial charge on any atom is 0.338 e. The van der Waals surface area contributed by atoms with Crippen molar-refractivity contribution >= 4 is 16.0 Å². The molecule has 3 rings (SSSR count). The lowest BCUT2D eigenvalue weighted by atomic mass is 10.2. The monoisotopic (exact) mass is 378 g/mol. The van der Waals surface area contributed by atoms with Crippen LogP contribution in [0.25, 0.3) is 0 Å². The number of nitrogens with one attached hydrogen (secondary N) is 1. The van der Waals surface area contributed by atoms with Crippen molar-refractivity contribution < 1.29 is 17.9 Å². The summed E-state index contributed by atoms with van der Waals surface area (Å²) in [6.45, 7) is 3.40. The van der Waals surface area contributed by atoms with Gasteiger partial charge in [-0.05, 0) is 31.2 Å². The summed E-state index contributed by atoms with van der Waals surface area (Å²) in [6.07, 6.45) is 3.45. The number of aryl methyl sites for hydroxylation is 1.